The summed E-state index contributed by atoms with van der Waals surface area (Å²) in [5, 5.41) is 1.44. The third-order valence-corrected chi connectivity index (χ3v) is 5.16. The summed E-state index contributed by atoms with van der Waals surface area (Å²) >= 11 is 13.5. The zero-order valence-electron chi connectivity index (χ0n) is 10.4. The number of hydrogen-bond donors (Lipinski definition) is 0. The molecule has 1 aromatic carbocycles. The quantitative estimate of drug-likeness (QED) is 0.777. The monoisotopic (exact) mass is 313 g/mol. The molecule has 0 unspecified atom stereocenters. The number of fused-ring (bicyclic) bond motifs is 1. The van der Waals surface area contributed by atoms with Crippen molar-refractivity contribution in [1.82, 2.24) is 4.98 Å². The van der Waals surface area contributed by atoms with Gasteiger partial charge in [0.25, 0.3) is 0 Å². The van der Waals surface area contributed by atoms with Gasteiger partial charge in [0.2, 0.25) is 0 Å². The van der Waals surface area contributed by atoms with Gasteiger partial charge in [0.05, 0.1) is 22.1 Å². The Balaban J connectivity index is 2.04. The molecule has 0 bridgehead atoms. The molecule has 0 radical (unpaired) electrons. The van der Waals surface area contributed by atoms with Crippen molar-refractivity contribution in [2.45, 2.75) is 5.88 Å². The molecular formula is C13H13Cl2N3S. The number of benzene rings is 1. The van der Waals surface area contributed by atoms with Gasteiger partial charge in [0.15, 0.2) is 5.13 Å². The molecule has 100 valence electrons. The van der Waals surface area contributed by atoms with Crippen LogP contribution in [-0.2, 0) is 5.88 Å². The van der Waals surface area contributed by atoms with Gasteiger partial charge in [0, 0.05) is 20.1 Å². The van der Waals surface area contributed by atoms with Crippen LogP contribution in [0.1, 0.15) is 4.88 Å². The van der Waals surface area contributed by atoms with E-state index in [4.69, 9.17) is 23.2 Å². The molecule has 19 heavy (non-hydrogen) atoms. The first kappa shape index (κ1) is 13.0. The molecule has 0 saturated heterocycles. The predicted molar refractivity (Wildman–Crippen MR) is 83.4 cm³/mol. The first-order valence-electron chi connectivity index (χ1n) is 5.99. The minimum Gasteiger partial charge on any atom is -0.371 e. The number of hydrogen-bond acceptors (Lipinski definition) is 4. The van der Waals surface area contributed by atoms with Gasteiger partial charge in [-0.05, 0) is 12.1 Å². The fraction of sp³-hybridized carbons (Fsp3) is 0.308. The molecule has 2 heterocycles. The van der Waals surface area contributed by atoms with E-state index in [1.54, 1.807) is 11.3 Å². The summed E-state index contributed by atoms with van der Waals surface area (Å²) in [5.74, 6) is 0.409. The zero-order valence-corrected chi connectivity index (χ0v) is 12.8. The number of likely N-dealkylation sites (N-methyl/N-ethyl adjacent to an activating group) is 1. The molecule has 0 aliphatic carbocycles. The first-order valence-corrected chi connectivity index (χ1v) is 7.72. The minimum absolute atomic E-state index is 0.409. The lowest BCUT2D eigenvalue weighted by Crippen LogP contribution is -2.36. The maximum atomic E-state index is 6.10. The third-order valence-electron chi connectivity index (χ3n) is 3.23. The van der Waals surface area contributed by atoms with Gasteiger partial charge in [-0.15, -0.1) is 11.6 Å². The summed E-state index contributed by atoms with van der Waals surface area (Å²) in [7, 11) is 2.11. The van der Waals surface area contributed by atoms with E-state index < -0.39 is 0 Å². The highest BCUT2D eigenvalue weighted by Crippen LogP contribution is 2.40. The Morgan fingerprint density at radius 1 is 1.26 bits per heavy atom. The Kier molecular flexibility index (Phi) is 3.56. The van der Waals surface area contributed by atoms with Gasteiger partial charge >= 0.3 is 0 Å². The van der Waals surface area contributed by atoms with E-state index in [1.165, 1.54) is 11.4 Å². The molecule has 0 fully saturated rings. The van der Waals surface area contributed by atoms with Gasteiger partial charge in [-0.25, -0.2) is 4.98 Å². The molecular weight excluding hydrogens is 301 g/mol. The highest BCUT2D eigenvalue weighted by atomic mass is 35.5. The maximum Gasteiger partial charge on any atom is 0.191 e. The number of nitrogens with zero attached hydrogens (tertiary/aromatic N) is 3. The van der Waals surface area contributed by atoms with E-state index in [2.05, 4.69) is 40.0 Å². The predicted octanol–water partition coefficient (Wildman–Crippen LogP) is 4.12. The van der Waals surface area contributed by atoms with E-state index in [0.29, 0.717) is 11.0 Å². The van der Waals surface area contributed by atoms with Crippen molar-refractivity contribution in [2.24, 2.45) is 0 Å². The van der Waals surface area contributed by atoms with Crippen LogP contribution in [0.4, 0.5) is 16.5 Å². The SMILES string of the molecule is CN1CCN(c2nc(Cl)c(CCl)s2)c2ccccc21. The topological polar surface area (TPSA) is 19.4 Å². The van der Waals surface area contributed by atoms with E-state index in [0.717, 1.165) is 23.1 Å². The van der Waals surface area contributed by atoms with Crippen molar-refractivity contribution in [3.05, 3.63) is 34.3 Å². The van der Waals surface area contributed by atoms with Crippen LogP contribution in [0.5, 0.6) is 0 Å². The van der Waals surface area contributed by atoms with Crippen LogP contribution in [0.25, 0.3) is 0 Å². The lowest BCUT2D eigenvalue weighted by molar-refractivity contribution is 0.819. The number of alkyl halides is 1. The Hall–Kier alpha value is -0.970. The highest BCUT2D eigenvalue weighted by molar-refractivity contribution is 7.16. The van der Waals surface area contributed by atoms with Crippen molar-refractivity contribution in [3.63, 3.8) is 0 Å². The van der Waals surface area contributed by atoms with Crippen molar-refractivity contribution in [1.29, 1.82) is 0 Å². The van der Waals surface area contributed by atoms with Gasteiger partial charge in [-0.2, -0.15) is 0 Å². The Morgan fingerprint density at radius 3 is 2.68 bits per heavy atom. The van der Waals surface area contributed by atoms with Crippen LogP contribution in [0.2, 0.25) is 5.15 Å². The van der Waals surface area contributed by atoms with E-state index in [-0.39, 0.29) is 0 Å². The number of para-hydroxylation sites is 2. The van der Waals surface area contributed by atoms with E-state index in [1.807, 2.05) is 6.07 Å². The van der Waals surface area contributed by atoms with Crippen molar-refractivity contribution < 1.29 is 0 Å². The molecule has 0 atom stereocenters. The lowest BCUT2D eigenvalue weighted by Gasteiger charge is -2.35. The van der Waals surface area contributed by atoms with Crippen LogP contribution in [0.3, 0.4) is 0 Å². The Labute approximate surface area is 126 Å². The summed E-state index contributed by atoms with van der Waals surface area (Å²) in [6.45, 7) is 1.86. The van der Waals surface area contributed by atoms with Crippen molar-refractivity contribution in [3.8, 4) is 0 Å². The maximum absolute atomic E-state index is 6.10. The molecule has 0 amide bonds. The molecule has 3 nitrogen and oxygen atoms in total. The van der Waals surface area contributed by atoms with E-state index in [9.17, 15) is 0 Å². The minimum atomic E-state index is 0.409. The molecule has 2 aromatic rings. The fourth-order valence-electron chi connectivity index (χ4n) is 2.22. The standard InChI is InChI=1S/C13H13Cl2N3S/c1-17-6-7-18(10-5-3-2-4-9(10)17)13-16-12(15)11(8-14)19-13/h2-5H,6-8H2,1H3. The van der Waals surface area contributed by atoms with Gasteiger partial charge < -0.3 is 9.80 Å². The Bertz CT molecular complexity index is 599. The van der Waals surface area contributed by atoms with Crippen LogP contribution < -0.4 is 9.80 Å². The number of anilines is 3. The number of halogens is 2. The average molecular weight is 314 g/mol. The molecule has 1 aromatic heterocycles. The smallest absolute Gasteiger partial charge is 0.191 e. The zero-order chi connectivity index (χ0) is 13.4. The average Bonchev–Trinajstić information content (AvgIpc) is 2.80. The first-order chi connectivity index (χ1) is 9.20. The summed E-state index contributed by atoms with van der Waals surface area (Å²) in [5.41, 5.74) is 2.38. The number of thiazole rings is 1. The molecule has 6 heteroatoms. The third kappa shape index (κ3) is 2.29. The molecule has 1 aliphatic rings. The molecule has 1 aliphatic heterocycles. The van der Waals surface area contributed by atoms with Crippen LogP contribution in [0.15, 0.2) is 24.3 Å². The summed E-state index contributed by atoms with van der Waals surface area (Å²) < 4.78 is 0. The second-order valence-corrected chi connectivity index (χ2v) is 6.09. The Morgan fingerprint density at radius 2 is 2.00 bits per heavy atom. The number of aromatic nitrogens is 1. The summed E-state index contributed by atoms with van der Waals surface area (Å²) in [6, 6.07) is 8.33. The van der Waals surface area contributed by atoms with Crippen molar-refractivity contribution in [2.75, 3.05) is 29.9 Å². The second-order valence-electron chi connectivity index (χ2n) is 4.41. The second kappa shape index (κ2) is 5.19. The summed E-state index contributed by atoms with van der Waals surface area (Å²) in [4.78, 5) is 9.83. The lowest BCUT2D eigenvalue weighted by atomic mass is 10.2. The van der Waals surface area contributed by atoms with Gasteiger partial charge in [-0.1, -0.05) is 35.1 Å². The van der Waals surface area contributed by atoms with E-state index >= 15 is 0 Å². The number of rotatable bonds is 2. The largest absolute Gasteiger partial charge is 0.371 e. The highest BCUT2D eigenvalue weighted by Gasteiger charge is 2.24. The van der Waals surface area contributed by atoms with Crippen LogP contribution in [0, 0.1) is 0 Å². The summed E-state index contributed by atoms with van der Waals surface area (Å²) in [6.07, 6.45) is 0. The fourth-order valence-corrected chi connectivity index (χ4v) is 3.74. The normalized spacial score (nSPS) is 14.7. The van der Waals surface area contributed by atoms with Gasteiger partial charge in [-0.3, -0.25) is 0 Å². The molecule has 0 N–H and O–H groups in total. The van der Waals surface area contributed by atoms with Crippen LogP contribution >= 0.6 is 34.5 Å². The van der Waals surface area contributed by atoms with Crippen molar-refractivity contribution >= 4 is 51.0 Å². The molecule has 3 rings (SSSR count). The van der Waals surface area contributed by atoms with Gasteiger partial charge in [0.1, 0.15) is 5.15 Å². The molecule has 0 spiro atoms. The molecule has 0 saturated carbocycles. The van der Waals surface area contributed by atoms with Crippen LogP contribution in [-0.4, -0.2) is 25.1 Å².